The molecule has 2 amide bonds. The van der Waals surface area contributed by atoms with Crippen molar-refractivity contribution in [3.8, 4) is 11.4 Å². The van der Waals surface area contributed by atoms with E-state index >= 15 is 0 Å². The molecular formula is C23H28N6O2S. The van der Waals surface area contributed by atoms with E-state index in [0.717, 1.165) is 41.7 Å². The van der Waals surface area contributed by atoms with Crippen LogP contribution in [0.5, 0.6) is 0 Å². The van der Waals surface area contributed by atoms with Crippen LogP contribution in [0.15, 0.2) is 41.8 Å². The lowest BCUT2D eigenvalue weighted by atomic mass is 10.1. The SMILES string of the molecule is Cc1ccc(-c2nnn(CC(=O)N(Cc3cccs3)C(C)C(=O)NC3CCCC3)n2)cc1. The van der Waals surface area contributed by atoms with Crippen LogP contribution in [0.4, 0.5) is 0 Å². The first-order valence-electron chi connectivity index (χ1n) is 11.0. The molecule has 1 saturated carbocycles. The van der Waals surface area contributed by atoms with Crippen molar-refractivity contribution in [2.75, 3.05) is 0 Å². The highest BCUT2D eigenvalue weighted by atomic mass is 32.1. The summed E-state index contributed by atoms with van der Waals surface area (Å²) in [5.74, 6) is 0.128. The minimum absolute atomic E-state index is 0.0781. The smallest absolute Gasteiger partial charge is 0.247 e. The summed E-state index contributed by atoms with van der Waals surface area (Å²) < 4.78 is 0. The predicted molar refractivity (Wildman–Crippen MR) is 123 cm³/mol. The van der Waals surface area contributed by atoms with Gasteiger partial charge in [-0.1, -0.05) is 48.7 Å². The molecular weight excluding hydrogens is 424 g/mol. The van der Waals surface area contributed by atoms with Gasteiger partial charge < -0.3 is 10.2 Å². The number of nitrogens with zero attached hydrogens (tertiary/aromatic N) is 5. The molecule has 2 aromatic heterocycles. The lowest BCUT2D eigenvalue weighted by Crippen LogP contribution is -2.50. The number of benzene rings is 1. The monoisotopic (exact) mass is 452 g/mol. The Balaban J connectivity index is 1.47. The minimum atomic E-state index is -0.592. The number of nitrogens with one attached hydrogen (secondary N) is 1. The zero-order chi connectivity index (χ0) is 22.5. The molecule has 1 aliphatic carbocycles. The molecule has 2 heterocycles. The lowest BCUT2D eigenvalue weighted by molar-refractivity contribution is -0.141. The van der Waals surface area contributed by atoms with Crippen LogP contribution in [0.3, 0.4) is 0 Å². The van der Waals surface area contributed by atoms with Crippen molar-refractivity contribution in [3.05, 3.63) is 52.2 Å². The van der Waals surface area contributed by atoms with E-state index < -0.39 is 6.04 Å². The normalized spacial score (nSPS) is 14.9. The number of rotatable bonds is 8. The third-order valence-electron chi connectivity index (χ3n) is 5.81. The van der Waals surface area contributed by atoms with Crippen LogP contribution in [0.1, 0.15) is 43.0 Å². The maximum absolute atomic E-state index is 13.2. The Hall–Kier alpha value is -3.07. The second-order valence-electron chi connectivity index (χ2n) is 8.28. The van der Waals surface area contributed by atoms with E-state index in [0.29, 0.717) is 12.4 Å². The van der Waals surface area contributed by atoms with Gasteiger partial charge in [-0.05, 0) is 43.3 Å². The summed E-state index contributed by atoms with van der Waals surface area (Å²) in [7, 11) is 0. The summed E-state index contributed by atoms with van der Waals surface area (Å²) in [6.07, 6.45) is 4.28. The second-order valence-corrected chi connectivity index (χ2v) is 9.31. The van der Waals surface area contributed by atoms with Gasteiger partial charge in [-0.25, -0.2) is 0 Å². The number of tetrazole rings is 1. The second kappa shape index (κ2) is 10.0. The van der Waals surface area contributed by atoms with Crippen molar-refractivity contribution in [2.24, 2.45) is 0 Å². The average molecular weight is 453 g/mol. The van der Waals surface area contributed by atoms with Crippen molar-refractivity contribution in [1.82, 2.24) is 30.4 Å². The Morgan fingerprint density at radius 2 is 1.97 bits per heavy atom. The number of hydrogen-bond donors (Lipinski definition) is 1. The summed E-state index contributed by atoms with van der Waals surface area (Å²) in [5, 5.41) is 17.6. The molecule has 0 spiro atoms. The van der Waals surface area contributed by atoms with Crippen LogP contribution in [0.2, 0.25) is 0 Å². The van der Waals surface area contributed by atoms with Gasteiger partial charge in [0.25, 0.3) is 0 Å². The minimum Gasteiger partial charge on any atom is -0.352 e. The quantitative estimate of drug-likeness (QED) is 0.567. The first-order chi connectivity index (χ1) is 15.5. The number of aromatic nitrogens is 4. The topological polar surface area (TPSA) is 93.0 Å². The first kappa shape index (κ1) is 22.1. The van der Waals surface area contributed by atoms with Gasteiger partial charge in [-0.2, -0.15) is 4.80 Å². The molecule has 1 aliphatic rings. The van der Waals surface area contributed by atoms with Gasteiger partial charge in [0.2, 0.25) is 17.6 Å². The van der Waals surface area contributed by atoms with Gasteiger partial charge in [-0.3, -0.25) is 9.59 Å². The third-order valence-corrected chi connectivity index (χ3v) is 6.68. The number of carbonyl (C=O) groups excluding carboxylic acids is 2. The molecule has 1 unspecified atom stereocenters. The van der Waals surface area contributed by atoms with Crippen LogP contribution in [-0.4, -0.2) is 49.0 Å². The molecule has 3 aromatic rings. The Labute approximate surface area is 191 Å². The Morgan fingerprint density at radius 3 is 2.66 bits per heavy atom. The maximum atomic E-state index is 13.2. The molecule has 8 nitrogen and oxygen atoms in total. The van der Waals surface area contributed by atoms with Crippen molar-refractivity contribution < 1.29 is 9.59 Å². The predicted octanol–water partition coefficient (Wildman–Crippen LogP) is 3.19. The standard InChI is InChI=1S/C23H28N6O2S/c1-16-9-11-18(12-10-16)22-25-27-29(26-22)15-21(30)28(14-20-8-5-13-32-20)17(2)23(31)24-19-6-3-4-7-19/h5,8-13,17,19H,3-4,6-7,14-15H2,1-2H3,(H,24,31). The summed E-state index contributed by atoms with van der Waals surface area (Å²) in [5.41, 5.74) is 1.99. The molecule has 1 N–H and O–H groups in total. The molecule has 1 aromatic carbocycles. The molecule has 0 bridgehead atoms. The van der Waals surface area contributed by atoms with Crippen molar-refractivity contribution in [2.45, 2.75) is 64.7 Å². The fourth-order valence-electron chi connectivity index (χ4n) is 3.89. The van der Waals surface area contributed by atoms with Crippen LogP contribution in [-0.2, 0) is 22.7 Å². The lowest BCUT2D eigenvalue weighted by Gasteiger charge is -2.29. The molecule has 4 rings (SSSR count). The van der Waals surface area contributed by atoms with Crippen LogP contribution >= 0.6 is 11.3 Å². The number of carbonyl (C=O) groups is 2. The van der Waals surface area contributed by atoms with Crippen LogP contribution < -0.4 is 5.32 Å². The highest BCUT2D eigenvalue weighted by Crippen LogP contribution is 2.19. The van der Waals surface area contributed by atoms with E-state index in [2.05, 4.69) is 20.7 Å². The molecule has 1 atom stereocenters. The molecule has 32 heavy (non-hydrogen) atoms. The van der Waals surface area contributed by atoms with E-state index in [1.807, 2.05) is 48.7 Å². The van der Waals surface area contributed by atoms with Gasteiger partial charge in [0.15, 0.2) is 0 Å². The van der Waals surface area contributed by atoms with Crippen LogP contribution in [0, 0.1) is 6.92 Å². The molecule has 0 saturated heterocycles. The highest BCUT2D eigenvalue weighted by molar-refractivity contribution is 7.09. The molecule has 168 valence electrons. The molecule has 1 fully saturated rings. The first-order valence-corrected chi connectivity index (χ1v) is 11.8. The number of aryl methyl sites for hydroxylation is 1. The third kappa shape index (κ3) is 5.40. The summed E-state index contributed by atoms with van der Waals surface area (Å²) >= 11 is 1.56. The maximum Gasteiger partial charge on any atom is 0.247 e. The van der Waals surface area contributed by atoms with Gasteiger partial charge in [0, 0.05) is 16.5 Å². The Kier molecular flexibility index (Phi) is 6.94. The molecule has 0 aliphatic heterocycles. The van der Waals surface area contributed by atoms with Gasteiger partial charge >= 0.3 is 0 Å². The van der Waals surface area contributed by atoms with E-state index in [9.17, 15) is 9.59 Å². The summed E-state index contributed by atoms with van der Waals surface area (Å²) in [4.78, 5) is 30.0. The van der Waals surface area contributed by atoms with E-state index in [1.165, 1.54) is 4.80 Å². The van der Waals surface area contributed by atoms with Crippen molar-refractivity contribution in [3.63, 3.8) is 0 Å². The Bertz CT molecular complexity index is 1040. The summed E-state index contributed by atoms with van der Waals surface area (Å²) in [6.45, 7) is 4.09. The zero-order valence-electron chi connectivity index (χ0n) is 18.4. The molecule has 0 radical (unpaired) electrons. The van der Waals surface area contributed by atoms with Gasteiger partial charge in [0.05, 0.1) is 6.54 Å². The molecule has 9 heteroatoms. The van der Waals surface area contributed by atoms with Crippen molar-refractivity contribution in [1.29, 1.82) is 0 Å². The number of thiophene rings is 1. The fraction of sp³-hybridized carbons (Fsp3) is 0.435. The largest absolute Gasteiger partial charge is 0.352 e. The fourth-order valence-corrected chi connectivity index (χ4v) is 4.59. The van der Waals surface area contributed by atoms with Gasteiger partial charge in [-0.15, -0.1) is 21.5 Å². The van der Waals surface area contributed by atoms with E-state index in [-0.39, 0.29) is 24.4 Å². The number of amides is 2. The van der Waals surface area contributed by atoms with E-state index in [4.69, 9.17) is 0 Å². The number of hydrogen-bond acceptors (Lipinski definition) is 6. The van der Waals surface area contributed by atoms with Gasteiger partial charge in [0.1, 0.15) is 12.6 Å². The average Bonchev–Trinajstić information content (AvgIpc) is 3.55. The summed E-state index contributed by atoms with van der Waals surface area (Å²) in [6, 6.07) is 11.3. The Morgan fingerprint density at radius 1 is 1.22 bits per heavy atom. The zero-order valence-corrected chi connectivity index (χ0v) is 19.2. The van der Waals surface area contributed by atoms with E-state index in [1.54, 1.807) is 23.2 Å². The highest BCUT2D eigenvalue weighted by Gasteiger charge is 2.29. The van der Waals surface area contributed by atoms with Crippen molar-refractivity contribution >= 4 is 23.2 Å². The van der Waals surface area contributed by atoms with Crippen LogP contribution in [0.25, 0.3) is 11.4 Å².